The second kappa shape index (κ2) is 8.25. The summed E-state index contributed by atoms with van der Waals surface area (Å²) in [7, 11) is 0. The number of nitrogens with zero attached hydrogens (tertiary/aromatic N) is 2. The topological polar surface area (TPSA) is 78.1 Å². The Hall–Kier alpha value is -2.21. The molecule has 1 aliphatic rings. The molecule has 1 saturated heterocycles. The predicted octanol–water partition coefficient (Wildman–Crippen LogP) is 1.85. The lowest BCUT2D eigenvalue weighted by Gasteiger charge is -2.22. The zero-order valence-corrected chi connectivity index (χ0v) is 14.8. The SMILES string of the molecule is CCN1CCC[C@H]1CNC(=O)CCCc1nc2ccccc2c(=O)[nH]1. The maximum atomic E-state index is 12.0. The van der Waals surface area contributed by atoms with Crippen molar-refractivity contribution in [2.24, 2.45) is 0 Å². The van der Waals surface area contributed by atoms with Gasteiger partial charge in [0, 0.05) is 25.4 Å². The van der Waals surface area contributed by atoms with Crippen LogP contribution in [0.1, 0.15) is 38.4 Å². The number of nitrogens with one attached hydrogen (secondary N) is 2. The lowest BCUT2D eigenvalue weighted by molar-refractivity contribution is -0.121. The van der Waals surface area contributed by atoms with Gasteiger partial charge < -0.3 is 10.3 Å². The molecule has 0 saturated carbocycles. The van der Waals surface area contributed by atoms with Crippen molar-refractivity contribution in [2.75, 3.05) is 19.6 Å². The number of carbonyl (C=O) groups is 1. The second-order valence-electron chi connectivity index (χ2n) is 6.61. The predicted molar refractivity (Wildman–Crippen MR) is 98.6 cm³/mol. The molecule has 6 heteroatoms. The van der Waals surface area contributed by atoms with Gasteiger partial charge in [0.15, 0.2) is 0 Å². The smallest absolute Gasteiger partial charge is 0.258 e. The van der Waals surface area contributed by atoms with Crippen LogP contribution in [0.25, 0.3) is 10.9 Å². The summed E-state index contributed by atoms with van der Waals surface area (Å²) in [6, 6.07) is 7.78. The Morgan fingerprint density at radius 1 is 1.40 bits per heavy atom. The van der Waals surface area contributed by atoms with Crippen molar-refractivity contribution >= 4 is 16.8 Å². The number of aryl methyl sites for hydroxylation is 1. The van der Waals surface area contributed by atoms with Crippen LogP contribution in [0.2, 0.25) is 0 Å². The van der Waals surface area contributed by atoms with Crippen molar-refractivity contribution in [3.8, 4) is 0 Å². The molecule has 1 aromatic carbocycles. The molecule has 3 rings (SSSR count). The summed E-state index contributed by atoms with van der Waals surface area (Å²) in [6.07, 6.45) is 4.11. The maximum Gasteiger partial charge on any atom is 0.258 e. The van der Waals surface area contributed by atoms with Crippen molar-refractivity contribution in [1.82, 2.24) is 20.2 Å². The van der Waals surface area contributed by atoms with E-state index in [-0.39, 0.29) is 11.5 Å². The number of amides is 1. The molecule has 1 amide bonds. The fraction of sp³-hybridized carbons (Fsp3) is 0.526. The van der Waals surface area contributed by atoms with Gasteiger partial charge in [-0.05, 0) is 44.5 Å². The zero-order chi connectivity index (χ0) is 17.6. The number of rotatable bonds is 7. The van der Waals surface area contributed by atoms with Crippen LogP contribution in [0.5, 0.6) is 0 Å². The number of carbonyl (C=O) groups excluding carboxylic acids is 1. The van der Waals surface area contributed by atoms with Crippen LogP contribution in [0.4, 0.5) is 0 Å². The van der Waals surface area contributed by atoms with Gasteiger partial charge in [0.05, 0.1) is 10.9 Å². The van der Waals surface area contributed by atoms with Crippen LogP contribution in [0.15, 0.2) is 29.1 Å². The van der Waals surface area contributed by atoms with Crippen LogP contribution < -0.4 is 10.9 Å². The number of H-pyrrole nitrogens is 1. The lowest BCUT2D eigenvalue weighted by Crippen LogP contribution is -2.39. The Bertz CT molecular complexity index is 786. The first kappa shape index (κ1) is 17.6. The molecule has 1 aliphatic heterocycles. The quantitative estimate of drug-likeness (QED) is 0.805. The van der Waals surface area contributed by atoms with E-state index in [2.05, 4.69) is 27.1 Å². The summed E-state index contributed by atoms with van der Waals surface area (Å²) < 4.78 is 0. The van der Waals surface area contributed by atoms with Gasteiger partial charge in [-0.15, -0.1) is 0 Å². The number of hydrogen-bond acceptors (Lipinski definition) is 4. The number of likely N-dealkylation sites (tertiary alicyclic amines) is 1. The van der Waals surface area contributed by atoms with E-state index in [4.69, 9.17) is 0 Å². The van der Waals surface area contributed by atoms with Gasteiger partial charge in [0.1, 0.15) is 5.82 Å². The first-order valence-corrected chi connectivity index (χ1v) is 9.16. The van der Waals surface area contributed by atoms with Gasteiger partial charge >= 0.3 is 0 Å². The maximum absolute atomic E-state index is 12.0. The number of para-hydroxylation sites is 1. The fourth-order valence-corrected chi connectivity index (χ4v) is 3.53. The summed E-state index contributed by atoms with van der Waals surface area (Å²) in [5.74, 6) is 0.718. The third-order valence-corrected chi connectivity index (χ3v) is 4.92. The highest BCUT2D eigenvalue weighted by atomic mass is 16.1. The second-order valence-corrected chi connectivity index (χ2v) is 6.61. The number of likely N-dealkylation sites (N-methyl/N-ethyl adjacent to an activating group) is 1. The summed E-state index contributed by atoms with van der Waals surface area (Å²) in [6.45, 7) is 5.08. The van der Waals surface area contributed by atoms with Crippen molar-refractivity contribution in [2.45, 2.75) is 45.1 Å². The average molecular weight is 342 g/mol. The fourth-order valence-electron chi connectivity index (χ4n) is 3.53. The van der Waals surface area contributed by atoms with E-state index in [1.54, 1.807) is 6.07 Å². The van der Waals surface area contributed by atoms with Crippen LogP contribution >= 0.6 is 0 Å². The molecule has 134 valence electrons. The first-order valence-electron chi connectivity index (χ1n) is 9.16. The van der Waals surface area contributed by atoms with E-state index in [9.17, 15) is 9.59 Å². The largest absolute Gasteiger partial charge is 0.355 e. The molecule has 0 bridgehead atoms. The van der Waals surface area contributed by atoms with Crippen LogP contribution in [-0.2, 0) is 11.2 Å². The van der Waals surface area contributed by atoms with E-state index in [0.29, 0.717) is 42.0 Å². The minimum absolute atomic E-state index is 0.0751. The van der Waals surface area contributed by atoms with Crippen molar-refractivity contribution < 1.29 is 4.79 Å². The third kappa shape index (κ3) is 4.45. The first-order chi connectivity index (χ1) is 12.2. The van der Waals surface area contributed by atoms with Crippen LogP contribution in [-0.4, -0.2) is 46.5 Å². The molecule has 2 heterocycles. The van der Waals surface area contributed by atoms with Gasteiger partial charge in [-0.1, -0.05) is 19.1 Å². The Morgan fingerprint density at radius 2 is 2.24 bits per heavy atom. The zero-order valence-electron chi connectivity index (χ0n) is 14.8. The normalized spacial score (nSPS) is 17.9. The summed E-state index contributed by atoms with van der Waals surface area (Å²) in [5, 5.41) is 3.64. The highest BCUT2D eigenvalue weighted by Crippen LogP contribution is 2.15. The number of aromatic nitrogens is 2. The average Bonchev–Trinajstić information content (AvgIpc) is 3.07. The van der Waals surface area contributed by atoms with Crippen molar-refractivity contribution in [3.05, 3.63) is 40.4 Å². The third-order valence-electron chi connectivity index (χ3n) is 4.92. The van der Waals surface area contributed by atoms with E-state index in [0.717, 1.165) is 26.1 Å². The van der Waals surface area contributed by atoms with Crippen LogP contribution in [0, 0.1) is 0 Å². The van der Waals surface area contributed by atoms with Crippen LogP contribution in [0.3, 0.4) is 0 Å². The summed E-state index contributed by atoms with van der Waals surface area (Å²) >= 11 is 0. The van der Waals surface area contributed by atoms with Crippen molar-refractivity contribution in [3.63, 3.8) is 0 Å². The minimum atomic E-state index is -0.119. The molecule has 2 aromatic rings. The molecule has 0 spiro atoms. The Morgan fingerprint density at radius 3 is 3.08 bits per heavy atom. The number of fused-ring (bicyclic) bond motifs is 1. The molecular formula is C19H26N4O2. The van der Waals surface area contributed by atoms with E-state index < -0.39 is 0 Å². The monoisotopic (exact) mass is 342 g/mol. The van der Waals surface area contributed by atoms with E-state index in [1.807, 2.05) is 18.2 Å². The standard InChI is InChI=1S/C19H26N4O2/c1-2-23-12-6-7-14(23)13-20-18(24)11-5-10-17-21-16-9-4-3-8-15(16)19(25)22-17/h3-4,8-9,14H,2,5-7,10-13H2,1H3,(H,20,24)(H,21,22,25)/t14-/m0/s1. The molecule has 1 atom stereocenters. The molecule has 0 unspecified atom stereocenters. The molecule has 0 radical (unpaired) electrons. The Labute approximate surface area is 147 Å². The minimum Gasteiger partial charge on any atom is -0.355 e. The Kier molecular flexibility index (Phi) is 5.81. The number of aromatic amines is 1. The highest BCUT2D eigenvalue weighted by molar-refractivity contribution is 5.77. The van der Waals surface area contributed by atoms with Gasteiger partial charge in [-0.2, -0.15) is 0 Å². The molecule has 0 aliphatic carbocycles. The van der Waals surface area contributed by atoms with Gasteiger partial charge in [0.2, 0.25) is 5.91 Å². The molecular weight excluding hydrogens is 316 g/mol. The van der Waals surface area contributed by atoms with Gasteiger partial charge in [-0.3, -0.25) is 14.5 Å². The lowest BCUT2D eigenvalue weighted by atomic mass is 10.2. The van der Waals surface area contributed by atoms with Gasteiger partial charge in [-0.25, -0.2) is 4.98 Å². The van der Waals surface area contributed by atoms with Gasteiger partial charge in [0.25, 0.3) is 5.56 Å². The molecule has 6 nitrogen and oxygen atoms in total. The van der Waals surface area contributed by atoms with Crippen molar-refractivity contribution in [1.29, 1.82) is 0 Å². The molecule has 1 fully saturated rings. The molecule has 25 heavy (non-hydrogen) atoms. The summed E-state index contributed by atoms with van der Waals surface area (Å²) in [4.78, 5) is 33.8. The molecule has 2 N–H and O–H groups in total. The van der Waals surface area contributed by atoms with E-state index >= 15 is 0 Å². The number of hydrogen-bond donors (Lipinski definition) is 2. The van der Waals surface area contributed by atoms with E-state index in [1.165, 1.54) is 6.42 Å². The molecule has 1 aromatic heterocycles. The summed E-state index contributed by atoms with van der Waals surface area (Å²) in [5.41, 5.74) is 0.581. The number of benzene rings is 1. The Balaban J connectivity index is 1.46. The highest BCUT2D eigenvalue weighted by Gasteiger charge is 2.22.